The summed E-state index contributed by atoms with van der Waals surface area (Å²) < 4.78 is 0. The van der Waals surface area contributed by atoms with Gasteiger partial charge in [0.15, 0.2) is 0 Å². The van der Waals surface area contributed by atoms with E-state index in [1.165, 1.54) is 0 Å². The van der Waals surface area contributed by atoms with E-state index in [2.05, 4.69) is 0 Å². The first-order valence-corrected chi connectivity index (χ1v) is 6.07. The van der Waals surface area contributed by atoms with Crippen molar-refractivity contribution in [3.8, 4) is 0 Å². The molecule has 0 saturated heterocycles. The summed E-state index contributed by atoms with van der Waals surface area (Å²) in [5, 5.41) is 10.7. The van der Waals surface area contributed by atoms with Crippen LogP contribution >= 0.6 is 0 Å². The van der Waals surface area contributed by atoms with Gasteiger partial charge in [0.25, 0.3) is 0 Å². The Morgan fingerprint density at radius 3 is 1.72 bits per heavy atom. The Labute approximate surface area is 107 Å². The summed E-state index contributed by atoms with van der Waals surface area (Å²) in [6, 6.07) is 20.0. The van der Waals surface area contributed by atoms with E-state index in [0.29, 0.717) is 6.42 Å². The van der Waals surface area contributed by atoms with Crippen LogP contribution in [0, 0.1) is 0 Å². The van der Waals surface area contributed by atoms with Gasteiger partial charge in [0, 0.05) is 11.9 Å². The molecule has 0 radical (unpaired) electrons. The molecule has 2 aromatic carbocycles. The van der Waals surface area contributed by atoms with Crippen LogP contribution in [0.1, 0.15) is 29.9 Å². The summed E-state index contributed by atoms with van der Waals surface area (Å²) in [6.45, 7) is 0. The van der Waals surface area contributed by atoms with Crippen LogP contribution in [-0.2, 0) is 4.79 Å². The largest absolute Gasteiger partial charge is 0.550 e. The van der Waals surface area contributed by atoms with Gasteiger partial charge in [-0.2, -0.15) is 0 Å². The molecule has 2 aromatic rings. The van der Waals surface area contributed by atoms with Crippen LogP contribution in [0.4, 0.5) is 0 Å². The fraction of sp³-hybridized carbons (Fsp3) is 0.188. The van der Waals surface area contributed by atoms with Crippen LogP contribution in [0.2, 0.25) is 0 Å². The normalized spacial score (nSPS) is 10.5. The number of carbonyl (C=O) groups is 1. The zero-order valence-electron chi connectivity index (χ0n) is 10.1. The van der Waals surface area contributed by atoms with Crippen LogP contribution in [0.15, 0.2) is 60.7 Å². The van der Waals surface area contributed by atoms with E-state index in [4.69, 9.17) is 0 Å². The van der Waals surface area contributed by atoms with Gasteiger partial charge >= 0.3 is 0 Å². The molecule has 0 aliphatic heterocycles. The zero-order valence-corrected chi connectivity index (χ0v) is 10.1. The summed E-state index contributed by atoms with van der Waals surface area (Å²) in [4.78, 5) is 10.7. The number of rotatable bonds is 5. The third-order valence-corrected chi connectivity index (χ3v) is 3.04. The van der Waals surface area contributed by atoms with E-state index in [1.807, 2.05) is 60.7 Å². The molecule has 92 valence electrons. The van der Waals surface area contributed by atoms with Crippen molar-refractivity contribution < 1.29 is 9.90 Å². The van der Waals surface area contributed by atoms with Gasteiger partial charge in [-0.15, -0.1) is 0 Å². The second-order valence-electron chi connectivity index (χ2n) is 4.28. The van der Waals surface area contributed by atoms with Crippen molar-refractivity contribution in [2.24, 2.45) is 0 Å². The van der Waals surface area contributed by atoms with Gasteiger partial charge in [0.2, 0.25) is 0 Å². The maximum absolute atomic E-state index is 10.7. The van der Waals surface area contributed by atoms with Gasteiger partial charge < -0.3 is 9.90 Å². The molecule has 0 spiro atoms. The minimum absolute atomic E-state index is 0.0778. The second-order valence-corrected chi connectivity index (χ2v) is 4.28. The maximum Gasteiger partial charge on any atom is 0.0414 e. The van der Waals surface area contributed by atoms with Crippen molar-refractivity contribution in [3.05, 3.63) is 71.8 Å². The molecular formula is C16H15O2-. The van der Waals surface area contributed by atoms with E-state index in [0.717, 1.165) is 11.1 Å². The highest BCUT2D eigenvalue weighted by Gasteiger charge is 2.13. The minimum Gasteiger partial charge on any atom is -0.550 e. The average molecular weight is 239 g/mol. The van der Waals surface area contributed by atoms with Crippen molar-refractivity contribution in [1.82, 2.24) is 0 Å². The molecule has 0 fully saturated rings. The number of carbonyl (C=O) groups excluding carboxylic acids is 1. The molecule has 0 saturated carbocycles. The number of hydrogen-bond acceptors (Lipinski definition) is 2. The molecule has 0 amide bonds. The van der Waals surface area contributed by atoms with Crippen molar-refractivity contribution in [1.29, 1.82) is 0 Å². The second kappa shape index (κ2) is 6.01. The smallest absolute Gasteiger partial charge is 0.0414 e. The topological polar surface area (TPSA) is 40.1 Å². The first-order chi connectivity index (χ1) is 8.77. The highest BCUT2D eigenvalue weighted by molar-refractivity contribution is 5.64. The number of hydrogen-bond donors (Lipinski definition) is 0. The molecule has 0 unspecified atom stereocenters. The molecule has 2 rings (SSSR count). The Morgan fingerprint density at radius 1 is 0.889 bits per heavy atom. The molecule has 0 N–H and O–H groups in total. The molecule has 0 aromatic heterocycles. The molecule has 0 heterocycles. The number of benzene rings is 2. The lowest BCUT2D eigenvalue weighted by molar-refractivity contribution is -0.305. The van der Waals surface area contributed by atoms with Crippen molar-refractivity contribution in [3.63, 3.8) is 0 Å². The Kier molecular flexibility index (Phi) is 4.13. The van der Waals surface area contributed by atoms with Gasteiger partial charge in [0.1, 0.15) is 0 Å². The van der Waals surface area contributed by atoms with Gasteiger partial charge in [0.05, 0.1) is 0 Å². The molecule has 18 heavy (non-hydrogen) atoms. The minimum atomic E-state index is -0.994. The third kappa shape index (κ3) is 3.20. The van der Waals surface area contributed by atoms with Gasteiger partial charge in [-0.1, -0.05) is 60.7 Å². The lowest BCUT2D eigenvalue weighted by Gasteiger charge is -2.18. The predicted octanol–water partition coefficient (Wildman–Crippen LogP) is 2.35. The van der Waals surface area contributed by atoms with Gasteiger partial charge in [-0.05, 0) is 24.0 Å². The van der Waals surface area contributed by atoms with Crippen LogP contribution in [-0.4, -0.2) is 5.97 Å². The standard InChI is InChI=1S/C16H16O2/c17-16(18)12-11-15(13-7-3-1-4-8-13)14-9-5-2-6-10-14/h1-10,15H,11-12H2,(H,17,18)/p-1. The van der Waals surface area contributed by atoms with E-state index in [1.54, 1.807) is 0 Å². The summed E-state index contributed by atoms with van der Waals surface area (Å²) in [6.07, 6.45) is 0.644. The van der Waals surface area contributed by atoms with Crippen LogP contribution in [0.25, 0.3) is 0 Å². The average Bonchev–Trinajstić information content (AvgIpc) is 2.41. The summed E-state index contributed by atoms with van der Waals surface area (Å²) in [5.74, 6) is -0.878. The highest BCUT2D eigenvalue weighted by atomic mass is 16.4. The van der Waals surface area contributed by atoms with E-state index >= 15 is 0 Å². The molecule has 2 nitrogen and oxygen atoms in total. The Bertz CT molecular complexity index is 452. The summed E-state index contributed by atoms with van der Waals surface area (Å²) in [7, 11) is 0. The van der Waals surface area contributed by atoms with E-state index in [-0.39, 0.29) is 12.3 Å². The van der Waals surface area contributed by atoms with Gasteiger partial charge in [-0.3, -0.25) is 0 Å². The Hall–Kier alpha value is -2.09. The van der Waals surface area contributed by atoms with Crippen LogP contribution in [0.3, 0.4) is 0 Å². The quantitative estimate of drug-likeness (QED) is 0.803. The van der Waals surface area contributed by atoms with Crippen LogP contribution < -0.4 is 5.11 Å². The molecule has 2 heteroatoms. The van der Waals surface area contributed by atoms with Crippen LogP contribution in [0.5, 0.6) is 0 Å². The molecule has 0 bridgehead atoms. The third-order valence-electron chi connectivity index (χ3n) is 3.04. The van der Waals surface area contributed by atoms with Crippen molar-refractivity contribution >= 4 is 5.97 Å². The van der Waals surface area contributed by atoms with E-state index in [9.17, 15) is 9.90 Å². The molecule has 0 aliphatic carbocycles. The number of carboxylic acids is 1. The predicted molar refractivity (Wildman–Crippen MR) is 69.0 cm³/mol. The lowest BCUT2D eigenvalue weighted by atomic mass is 9.87. The summed E-state index contributed by atoms with van der Waals surface area (Å²) >= 11 is 0. The maximum atomic E-state index is 10.7. The Balaban J connectivity index is 2.26. The number of carboxylic acid groups (broad SMARTS) is 1. The first-order valence-electron chi connectivity index (χ1n) is 6.07. The number of aliphatic carboxylic acids is 1. The molecular weight excluding hydrogens is 224 g/mol. The van der Waals surface area contributed by atoms with Crippen molar-refractivity contribution in [2.75, 3.05) is 0 Å². The fourth-order valence-corrected chi connectivity index (χ4v) is 2.16. The fourth-order valence-electron chi connectivity index (χ4n) is 2.16. The first kappa shape index (κ1) is 12.4. The Morgan fingerprint density at radius 2 is 1.33 bits per heavy atom. The zero-order chi connectivity index (χ0) is 12.8. The van der Waals surface area contributed by atoms with Crippen molar-refractivity contribution in [2.45, 2.75) is 18.8 Å². The summed E-state index contributed by atoms with van der Waals surface area (Å²) in [5.41, 5.74) is 2.29. The van der Waals surface area contributed by atoms with E-state index < -0.39 is 5.97 Å². The molecule has 0 atom stereocenters. The molecule has 0 aliphatic rings. The lowest BCUT2D eigenvalue weighted by Crippen LogP contribution is -2.22. The highest BCUT2D eigenvalue weighted by Crippen LogP contribution is 2.28. The monoisotopic (exact) mass is 239 g/mol. The SMILES string of the molecule is O=C([O-])CCC(c1ccccc1)c1ccccc1. The van der Waals surface area contributed by atoms with Gasteiger partial charge in [-0.25, -0.2) is 0 Å².